The molecule has 1 fully saturated rings. The molecule has 0 spiro atoms. The van der Waals surface area contributed by atoms with Gasteiger partial charge in [-0.3, -0.25) is 0 Å². The Morgan fingerprint density at radius 3 is 2.55 bits per heavy atom. The number of halogens is 2. The molecule has 1 aromatic rings. The number of nitrogen functional groups attached to an aromatic ring is 1. The number of piperidine rings is 1. The quantitative estimate of drug-likeness (QED) is 0.834. The minimum absolute atomic E-state index is 0.0139. The Morgan fingerprint density at radius 2 is 2.00 bits per heavy atom. The largest absolute Gasteiger partial charge is 0.397 e. The summed E-state index contributed by atoms with van der Waals surface area (Å²) >= 11 is 5.64. The molecule has 20 heavy (non-hydrogen) atoms. The van der Waals surface area contributed by atoms with Crippen LogP contribution in [0.15, 0.2) is 12.1 Å². The predicted molar refractivity (Wildman–Crippen MR) is 78.9 cm³/mol. The highest BCUT2D eigenvalue weighted by Gasteiger charge is 2.25. The minimum atomic E-state index is -3.14. The zero-order chi connectivity index (χ0) is 14.9. The van der Waals surface area contributed by atoms with Gasteiger partial charge in [-0.15, -0.1) is 0 Å². The Morgan fingerprint density at radius 1 is 1.40 bits per heavy atom. The number of hydrogen-bond donors (Lipinski definition) is 2. The lowest BCUT2D eigenvalue weighted by molar-refractivity contribution is 0.332. The Bertz CT molecular complexity index is 601. The van der Waals surface area contributed by atoms with Crippen molar-refractivity contribution in [3.05, 3.63) is 23.0 Å². The molecule has 0 radical (unpaired) electrons. The smallest absolute Gasteiger partial charge is 0.211 e. The fraction of sp³-hybridized carbons (Fsp3) is 0.500. The highest BCUT2D eigenvalue weighted by molar-refractivity contribution is 7.88. The van der Waals surface area contributed by atoms with Crippen LogP contribution in [0.3, 0.4) is 0 Å². The van der Waals surface area contributed by atoms with Crippen LogP contribution in [-0.2, 0) is 10.0 Å². The molecule has 1 aliphatic heterocycles. The average Bonchev–Trinajstić information content (AvgIpc) is 2.35. The third kappa shape index (κ3) is 3.53. The van der Waals surface area contributed by atoms with Crippen LogP contribution < -0.4 is 11.1 Å². The lowest BCUT2D eigenvalue weighted by atomic mass is 10.1. The van der Waals surface area contributed by atoms with Gasteiger partial charge in [0.15, 0.2) is 0 Å². The van der Waals surface area contributed by atoms with E-state index in [2.05, 4.69) is 5.32 Å². The van der Waals surface area contributed by atoms with Crippen LogP contribution in [0.2, 0.25) is 5.02 Å². The zero-order valence-electron chi connectivity index (χ0n) is 11.1. The zero-order valence-corrected chi connectivity index (χ0v) is 12.6. The van der Waals surface area contributed by atoms with Crippen molar-refractivity contribution in [1.82, 2.24) is 4.31 Å². The molecular weight excluding hydrogens is 305 g/mol. The number of hydrogen-bond acceptors (Lipinski definition) is 4. The molecule has 5 nitrogen and oxygen atoms in total. The first-order valence-corrected chi connectivity index (χ1v) is 8.46. The van der Waals surface area contributed by atoms with E-state index in [-0.39, 0.29) is 11.1 Å². The summed E-state index contributed by atoms with van der Waals surface area (Å²) in [6, 6.07) is 2.70. The molecule has 8 heteroatoms. The SMILES string of the molecule is CS(=O)(=O)N1CCC(Nc2cc(F)c(Cl)cc2N)CC1. The van der Waals surface area contributed by atoms with Crippen LogP contribution in [0, 0.1) is 5.82 Å². The van der Waals surface area contributed by atoms with Crippen molar-refractivity contribution in [1.29, 1.82) is 0 Å². The highest BCUT2D eigenvalue weighted by Crippen LogP contribution is 2.28. The lowest BCUT2D eigenvalue weighted by Crippen LogP contribution is -2.41. The number of benzene rings is 1. The van der Waals surface area contributed by atoms with E-state index in [1.54, 1.807) is 0 Å². The molecule has 2 rings (SSSR count). The average molecular weight is 322 g/mol. The molecule has 0 atom stereocenters. The van der Waals surface area contributed by atoms with Crippen LogP contribution in [0.5, 0.6) is 0 Å². The fourth-order valence-electron chi connectivity index (χ4n) is 2.24. The van der Waals surface area contributed by atoms with E-state index >= 15 is 0 Å². The third-order valence-electron chi connectivity index (χ3n) is 3.38. The maximum Gasteiger partial charge on any atom is 0.211 e. The Labute approximate surface area is 122 Å². The van der Waals surface area contributed by atoms with E-state index in [0.717, 1.165) is 0 Å². The molecule has 1 aromatic carbocycles. The van der Waals surface area contributed by atoms with Crippen LogP contribution in [0.4, 0.5) is 15.8 Å². The van der Waals surface area contributed by atoms with Gasteiger partial charge in [-0.25, -0.2) is 17.1 Å². The van der Waals surface area contributed by atoms with Gasteiger partial charge < -0.3 is 11.1 Å². The molecule has 0 aromatic heterocycles. The van der Waals surface area contributed by atoms with Gasteiger partial charge in [0.2, 0.25) is 10.0 Å². The second-order valence-corrected chi connectivity index (χ2v) is 7.32. The van der Waals surface area contributed by atoms with Crippen molar-refractivity contribution in [3.63, 3.8) is 0 Å². The number of nitrogens with two attached hydrogens (primary N) is 1. The molecule has 1 aliphatic rings. The normalized spacial score (nSPS) is 18.1. The first-order valence-electron chi connectivity index (χ1n) is 6.23. The van der Waals surface area contributed by atoms with Gasteiger partial charge in [0.25, 0.3) is 0 Å². The van der Waals surface area contributed by atoms with Gasteiger partial charge in [-0.2, -0.15) is 0 Å². The first kappa shape index (κ1) is 15.3. The second kappa shape index (κ2) is 5.75. The van der Waals surface area contributed by atoms with E-state index < -0.39 is 15.8 Å². The molecule has 0 unspecified atom stereocenters. The van der Waals surface area contributed by atoms with Gasteiger partial charge in [0.1, 0.15) is 5.82 Å². The summed E-state index contributed by atoms with van der Waals surface area (Å²) in [4.78, 5) is 0. The van der Waals surface area contributed by atoms with Gasteiger partial charge in [-0.05, 0) is 18.9 Å². The maximum absolute atomic E-state index is 13.4. The van der Waals surface area contributed by atoms with Crippen molar-refractivity contribution in [2.24, 2.45) is 0 Å². The molecule has 3 N–H and O–H groups in total. The summed E-state index contributed by atoms with van der Waals surface area (Å²) in [6.07, 6.45) is 2.50. The monoisotopic (exact) mass is 321 g/mol. The number of sulfonamides is 1. The van der Waals surface area contributed by atoms with Gasteiger partial charge in [0, 0.05) is 25.2 Å². The summed E-state index contributed by atoms with van der Waals surface area (Å²) in [5, 5.41) is 3.13. The Kier molecular flexibility index (Phi) is 4.41. The standard InChI is InChI=1S/C12H17ClFN3O2S/c1-20(18,19)17-4-2-8(3-5-17)16-12-7-10(14)9(13)6-11(12)15/h6-8,16H,2-5,15H2,1H3. The van der Waals surface area contributed by atoms with Crippen LogP contribution >= 0.6 is 11.6 Å². The summed E-state index contributed by atoms with van der Waals surface area (Å²) in [6.45, 7) is 0.902. The van der Waals surface area contributed by atoms with Crippen LogP contribution in [-0.4, -0.2) is 38.1 Å². The fourth-order valence-corrected chi connectivity index (χ4v) is 3.29. The van der Waals surface area contributed by atoms with Crippen molar-refractivity contribution < 1.29 is 12.8 Å². The molecule has 1 heterocycles. The predicted octanol–water partition coefficient (Wildman–Crippen LogP) is 1.90. The van der Waals surface area contributed by atoms with Crippen LogP contribution in [0.1, 0.15) is 12.8 Å². The summed E-state index contributed by atoms with van der Waals surface area (Å²) < 4.78 is 37.7. The topological polar surface area (TPSA) is 75.4 Å². The first-order chi connectivity index (χ1) is 9.27. The maximum atomic E-state index is 13.4. The van der Waals surface area contributed by atoms with Gasteiger partial charge in [0.05, 0.1) is 22.7 Å². The van der Waals surface area contributed by atoms with Gasteiger partial charge in [-0.1, -0.05) is 11.6 Å². The molecular formula is C12H17ClFN3O2S. The molecule has 0 bridgehead atoms. The number of nitrogens with one attached hydrogen (secondary N) is 1. The van der Waals surface area contributed by atoms with Crippen molar-refractivity contribution >= 4 is 33.0 Å². The van der Waals surface area contributed by atoms with Crippen molar-refractivity contribution in [2.45, 2.75) is 18.9 Å². The Balaban J connectivity index is 2.01. The van der Waals surface area contributed by atoms with Crippen LogP contribution in [0.25, 0.3) is 0 Å². The van der Waals surface area contributed by atoms with Crippen molar-refractivity contribution in [3.8, 4) is 0 Å². The molecule has 1 saturated heterocycles. The van der Waals surface area contributed by atoms with E-state index in [4.69, 9.17) is 17.3 Å². The lowest BCUT2D eigenvalue weighted by Gasteiger charge is -2.31. The summed E-state index contributed by atoms with van der Waals surface area (Å²) in [7, 11) is -3.14. The van der Waals surface area contributed by atoms with Gasteiger partial charge >= 0.3 is 0 Å². The van der Waals surface area contributed by atoms with Crippen molar-refractivity contribution in [2.75, 3.05) is 30.4 Å². The molecule has 112 valence electrons. The second-order valence-electron chi connectivity index (χ2n) is 4.93. The molecule has 0 amide bonds. The number of anilines is 2. The Hall–Kier alpha value is -1.05. The number of nitrogens with zero attached hydrogens (tertiary/aromatic N) is 1. The van der Waals surface area contributed by atoms with E-state index in [9.17, 15) is 12.8 Å². The number of rotatable bonds is 3. The van der Waals surface area contributed by atoms with E-state index in [1.165, 1.54) is 22.7 Å². The molecule has 0 saturated carbocycles. The van der Waals surface area contributed by atoms with E-state index in [1.807, 2.05) is 0 Å². The van der Waals surface area contributed by atoms with E-state index in [0.29, 0.717) is 37.3 Å². The molecule has 0 aliphatic carbocycles. The summed E-state index contributed by atoms with van der Waals surface area (Å²) in [5.41, 5.74) is 6.65. The highest BCUT2D eigenvalue weighted by atomic mass is 35.5. The minimum Gasteiger partial charge on any atom is -0.397 e. The third-order valence-corrected chi connectivity index (χ3v) is 4.97. The summed E-state index contributed by atoms with van der Waals surface area (Å²) in [5.74, 6) is -0.531.